The van der Waals surface area contributed by atoms with E-state index in [1.54, 1.807) is 32.7 Å². The molecule has 0 saturated carbocycles. The van der Waals surface area contributed by atoms with Crippen LogP contribution in [-0.2, 0) is 11.3 Å². The van der Waals surface area contributed by atoms with E-state index < -0.39 is 0 Å². The number of carbonyl (C=O) groups is 1. The van der Waals surface area contributed by atoms with Crippen LogP contribution < -0.4 is 19.5 Å². The number of methoxy groups -OCH3 is 3. The number of nitrogens with one attached hydrogen (secondary N) is 1. The van der Waals surface area contributed by atoms with Crippen LogP contribution in [0.1, 0.15) is 15.3 Å². The van der Waals surface area contributed by atoms with Gasteiger partial charge in [0.2, 0.25) is 11.7 Å². The number of benzene rings is 1. The molecule has 0 aliphatic carbocycles. The fourth-order valence-electron chi connectivity index (χ4n) is 2.19. The maximum atomic E-state index is 11.9. The molecule has 128 valence electrons. The second-order valence-corrected chi connectivity index (χ2v) is 6.35. The Hall–Kier alpha value is -2.47. The van der Waals surface area contributed by atoms with Crippen molar-refractivity contribution in [3.05, 3.63) is 45.7 Å². The largest absolute Gasteiger partial charge is 0.493 e. The summed E-state index contributed by atoms with van der Waals surface area (Å²) in [5.41, 5.74) is 0.859. The first-order valence-electron chi connectivity index (χ1n) is 7.38. The van der Waals surface area contributed by atoms with Gasteiger partial charge in [-0.15, -0.1) is 11.3 Å². The number of hydrogen-bond acceptors (Lipinski definition) is 5. The third-order valence-corrected chi connectivity index (χ3v) is 4.32. The van der Waals surface area contributed by atoms with E-state index in [0.29, 0.717) is 23.8 Å². The summed E-state index contributed by atoms with van der Waals surface area (Å²) in [6.07, 6.45) is 3.34. The first-order valence-corrected chi connectivity index (χ1v) is 8.20. The molecule has 2 rings (SSSR count). The standard InChI is InChI=1S/C18H21NO4S/c1-12-5-6-14(24-12)7-8-17(20)19-11-13-9-15(21-2)18(23-4)16(10-13)22-3/h5-10H,11H2,1-4H3,(H,19,20)/b8-7+. The van der Waals surface area contributed by atoms with Crippen molar-refractivity contribution < 1.29 is 19.0 Å². The van der Waals surface area contributed by atoms with Gasteiger partial charge in [-0.25, -0.2) is 0 Å². The van der Waals surface area contributed by atoms with Crippen molar-refractivity contribution in [1.82, 2.24) is 5.32 Å². The van der Waals surface area contributed by atoms with Crippen molar-refractivity contribution in [2.75, 3.05) is 21.3 Å². The Kier molecular flexibility index (Phi) is 6.26. The Morgan fingerprint density at radius 3 is 2.29 bits per heavy atom. The Morgan fingerprint density at radius 1 is 1.12 bits per heavy atom. The van der Waals surface area contributed by atoms with Gasteiger partial charge in [0.05, 0.1) is 21.3 Å². The summed E-state index contributed by atoms with van der Waals surface area (Å²) in [6.45, 7) is 2.40. The fourth-order valence-corrected chi connectivity index (χ4v) is 2.97. The smallest absolute Gasteiger partial charge is 0.244 e. The van der Waals surface area contributed by atoms with Crippen LogP contribution in [0.2, 0.25) is 0 Å². The topological polar surface area (TPSA) is 56.8 Å². The monoisotopic (exact) mass is 347 g/mol. The van der Waals surface area contributed by atoms with E-state index in [4.69, 9.17) is 14.2 Å². The van der Waals surface area contributed by atoms with Crippen molar-refractivity contribution in [1.29, 1.82) is 0 Å². The number of amides is 1. The summed E-state index contributed by atoms with van der Waals surface area (Å²) in [7, 11) is 4.68. The van der Waals surface area contributed by atoms with Crippen molar-refractivity contribution in [3.63, 3.8) is 0 Å². The molecule has 0 aliphatic rings. The minimum absolute atomic E-state index is 0.158. The summed E-state index contributed by atoms with van der Waals surface area (Å²) < 4.78 is 15.9. The van der Waals surface area contributed by atoms with Gasteiger partial charge in [-0.2, -0.15) is 0 Å². The van der Waals surface area contributed by atoms with Gasteiger partial charge in [0.25, 0.3) is 0 Å². The zero-order valence-electron chi connectivity index (χ0n) is 14.2. The molecule has 0 aliphatic heterocycles. The van der Waals surface area contributed by atoms with Gasteiger partial charge in [-0.05, 0) is 42.8 Å². The molecule has 6 heteroatoms. The molecular weight excluding hydrogens is 326 g/mol. The van der Waals surface area contributed by atoms with Crippen LogP contribution >= 0.6 is 11.3 Å². The van der Waals surface area contributed by atoms with E-state index in [1.807, 2.05) is 37.3 Å². The Balaban J connectivity index is 2.03. The van der Waals surface area contributed by atoms with Gasteiger partial charge < -0.3 is 19.5 Å². The summed E-state index contributed by atoms with van der Waals surface area (Å²) >= 11 is 1.64. The summed E-state index contributed by atoms with van der Waals surface area (Å²) in [5, 5.41) is 2.84. The van der Waals surface area contributed by atoms with E-state index in [1.165, 1.54) is 11.0 Å². The van der Waals surface area contributed by atoms with Crippen LogP contribution in [0.4, 0.5) is 0 Å². The minimum Gasteiger partial charge on any atom is -0.493 e. The molecule has 1 amide bonds. The molecule has 0 radical (unpaired) electrons. The van der Waals surface area contributed by atoms with Crippen LogP contribution in [0.5, 0.6) is 17.2 Å². The van der Waals surface area contributed by atoms with E-state index in [0.717, 1.165) is 10.4 Å². The SMILES string of the molecule is COc1cc(CNC(=O)/C=C/c2ccc(C)s2)cc(OC)c1OC. The number of rotatable bonds is 7. The maximum absolute atomic E-state index is 11.9. The zero-order valence-corrected chi connectivity index (χ0v) is 15.0. The zero-order chi connectivity index (χ0) is 17.5. The molecule has 0 atom stereocenters. The number of carbonyl (C=O) groups excluding carboxylic acids is 1. The third kappa shape index (κ3) is 4.52. The lowest BCUT2D eigenvalue weighted by molar-refractivity contribution is -0.116. The van der Waals surface area contributed by atoms with Crippen LogP contribution in [-0.4, -0.2) is 27.2 Å². The van der Waals surface area contributed by atoms with Crippen LogP contribution in [0.3, 0.4) is 0 Å². The number of aryl methyl sites for hydroxylation is 1. The molecule has 1 aromatic heterocycles. The summed E-state index contributed by atoms with van der Waals surface area (Å²) in [4.78, 5) is 14.2. The minimum atomic E-state index is -0.158. The Morgan fingerprint density at radius 2 is 1.79 bits per heavy atom. The van der Waals surface area contributed by atoms with Gasteiger partial charge in [0.15, 0.2) is 11.5 Å². The van der Waals surface area contributed by atoms with E-state index in [2.05, 4.69) is 5.32 Å². The normalized spacial score (nSPS) is 10.7. The van der Waals surface area contributed by atoms with E-state index in [-0.39, 0.29) is 5.91 Å². The molecule has 24 heavy (non-hydrogen) atoms. The second-order valence-electron chi connectivity index (χ2n) is 5.03. The average Bonchev–Trinajstić information content (AvgIpc) is 3.02. The highest BCUT2D eigenvalue weighted by atomic mass is 32.1. The molecule has 0 unspecified atom stereocenters. The highest BCUT2D eigenvalue weighted by Gasteiger charge is 2.13. The van der Waals surface area contributed by atoms with E-state index >= 15 is 0 Å². The first kappa shape index (κ1) is 17.9. The van der Waals surface area contributed by atoms with Crippen molar-refractivity contribution in [3.8, 4) is 17.2 Å². The Bertz CT molecular complexity index is 711. The number of thiophene rings is 1. The molecule has 1 heterocycles. The van der Waals surface area contributed by atoms with Gasteiger partial charge in [0.1, 0.15) is 0 Å². The number of ether oxygens (including phenoxy) is 3. The lowest BCUT2D eigenvalue weighted by atomic mass is 10.1. The number of hydrogen-bond donors (Lipinski definition) is 1. The lowest BCUT2D eigenvalue weighted by Crippen LogP contribution is -2.20. The van der Waals surface area contributed by atoms with Crippen molar-refractivity contribution >= 4 is 23.3 Å². The quantitative estimate of drug-likeness (QED) is 0.780. The van der Waals surface area contributed by atoms with Crippen molar-refractivity contribution in [2.45, 2.75) is 13.5 Å². The van der Waals surface area contributed by atoms with Crippen molar-refractivity contribution in [2.24, 2.45) is 0 Å². The van der Waals surface area contributed by atoms with Gasteiger partial charge in [-0.1, -0.05) is 0 Å². The maximum Gasteiger partial charge on any atom is 0.244 e. The van der Waals surface area contributed by atoms with Crippen LogP contribution in [0.25, 0.3) is 6.08 Å². The molecule has 2 aromatic rings. The molecule has 0 bridgehead atoms. The van der Waals surface area contributed by atoms with Gasteiger partial charge in [0, 0.05) is 22.4 Å². The summed E-state index contributed by atoms with van der Waals surface area (Å²) in [5.74, 6) is 1.49. The summed E-state index contributed by atoms with van der Waals surface area (Å²) in [6, 6.07) is 7.64. The Labute approximate surface area is 145 Å². The molecule has 1 N–H and O–H groups in total. The van der Waals surface area contributed by atoms with Gasteiger partial charge >= 0.3 is 0 Å². The highest BCUT2D eigenvalue weighted by Crippen LogP contribution is 2.38. The average molecular weight is 347 g/mol. The predicted molar refractivity (Wildman–Crippen MR) is 96.0 cm³/mol. The second kappa shape index (κ2) is 8.40. The third-order valence-electron chi connectivity index (χ3n) is 3.35. The molecule has 0 saturated heterocycles. The first-order chi connectivity index (χ1) is 11.6. The van der Waals surface area contributed by atoms with E-state index in [9.17, 15) is 4.79 Å². The fraction of sp³-hybridized carbons (Fsp3) is 0.278. The molecule has 0 fully saturated rings. The van der Waals surface area contributed by atoms with Gasteiger partial charge in [-0.3, -0.25) is 4.79 Å². The molecule has 0 spiro atoms. The highest BCUT2D eigenvalue weighted by molar-refractivity contribution is 7.12. The predicted octanol–water partition coefficient (Wildman–Crippen LogP) is 3.41. The molecule has 1 aromatic carbocycles. The van der Waals surface area contributed by atoms with Crippen LogP contribution in [0, 0.1) is 6.92 Å². The molecular formula is C18H21NO4S. The lowest BCUT2D eigenvalue weighted by Gasteiger charge is -2.14. The van der Waals surface area contributed by atoms with Crippen LogP contribution in [0.15, 0.2) is 30.3 Å². The molecule has 5 nitrogen and oxygen atoms in total.